The average molecular weight is 285 g/mol. The van der Waals surface area contributed by atoms with Gasteiger partial charge in [-0.25, -0.2) is 9.97 Å². The zero-order valence-electron chi connectivity index (χ0n) is 12.1. The van der Waals surface area contributed by atoms with Gasteiger partial charge in [-0.15, -0.1) is 0 Å². The fourth-order valence-corrected chi connectivity index (χ4v) is 2.43. The van der Waals surface area contributed by atoms with Crippen molar-refractivity contribution >= 4 is 17.3 Å². The molecular weight excluding hydrogens is 266 g/mol. The molecule has 1 aliphatic rings. The second-order valence-electron chi connectivity index (χ2n) is 4.99. The van der Waals surface area contributed by atoms with Gasteiger partial charge in [0.05, 0.1) is 19.5 Å². The summed E-state index contributed by atoms with van der Waals surface area (Å²) >= 11 is 0. The van der Waals surface area contributed by atoms with Gasteiger partial charge in [-0.2, -0.15) is 0 Å². The fourth-order valence-electron chi connectivity index (χ4n) is 2.43. The van der Waals surface area contributed by atoms with Gasteiger partial charge in [0.25, 0.3) is 0 Å². The van der Waals surface area contributed by atoms with E-state index >= 15 is 0 Å². The Balaban J connectivity index is 1.62. The SMILES string of the molecule is COc1cnc(N2CCN(c3ccc(N)cc3)CC2)nc1. The van der Waals surface area contributed by atoms with Gasteiger partial charge >= 0.3 is 0 Å². The average Bonchev–Trinajstić information content (AvgIpc) is 2.56. The molecule has 0 spiro atoms. The summed E-state index contributed by atoms with van der Waals surface area (Å²) in [7, 11) is 1.61. The minimum absolute atomic E-state index is 0.680. The van der Waals surface area contributed by atoms with Crippen molar-refractivity contribution in [3.63, 3.8) is 0 Å². The van der Waals surface area contributed by atoms with Gasteiger partial charge in [0, 0.05) is 37.6 Å². The molecule has 0 radical (unpaired) electrons. The lowest BCUT2D eigenvalue weighted by atomic mass is 10.2. The van der Waals surface area contributed by atoms with E-state index in [1.54, 1.807) is 19.5 Å². The number of hydrogen-bond acceptors (Lipinski definition) is 6. The summed E-state index contributed by atoms with van der Waals surface area (Å²) in [6, 6.07) is 8.01. The zero-order chi connectivity index (χ0) is 14.7. The van der Waals surface area contributed by atoms with Crippen LogP contribution in [0.3, 0.4) is 0 Å². The molecule has 1 aromatic heterocycles. The molecule has 110 valence electrons. The van der Waals surface area contributed by atoms with Crippen molar-refractivity contribution in [2.45, 2.75) is 0 Å². The molecule has 1 aromatic carbocycles. The lowest BCUT2D eigenvalue weighted by Crippen LogP contribution is -2.47. The first kappa shape index (κ1) is 13.5. The summed E-state index contributed by atoms with van der Waals surface area (Å²) in [5, 5.41) is 0. The van der Waals surface area contributed by atoms with Gasteiger partial charge < -0.3 is 20.3 Å². The van der Waals surface area contributed by atoms with Crippen molar-refractivity contribution in [2.24, 2.45) is 0 Å². The molecule has 1 fully saturated rings. The Hall–Kier alpha value is -2.50. The number of benzene rings is 1. The minimum atomic E-state index is 0.680. The van der Waals surface area contributed by atoms with E-state index in [2.05, 4.69) is 31.9 Å². The molecule has 2 N–H and O–H groups in total. The van der Waals surface area contributed by atoms with Crippen LogP contribution in [-0.4, -0.2) is 43.3 Å². The lowest BCUT2D eigenvalue weighted by Gasteiger charge is -2.36. The van der Waals surface area contributed by atoms with Gasteiger partial charge in [0.1, 0.15) is 0 Å². The first-order valence-electron chi connectivity index (χ1n) is 6.98. The highest BCUT2D eigenvalue weighted by molar-refractivity contribution is 5.54. The molecule has 3 rings (SSSR count). The number of anilines is 3. The molecule has 0 bridgehead atoms. The van der Waals surface area contributed by atoms with Gasteiger partial charge in [-0.1, -0.05) is 0 Å². The molecule has 0 amide bonds. The standard InChI is InChI=1S/C15H19N5O/c1-21-14-10-17-15(18-11-14)20-8-6-19(7-9-20)13-4-2-12(16)3-5-13/h2-5,10-11H,6-9,16H2,1H3. The number of nitrogens with zero attached hydrogens (tertiary/aromatic N) is 4. The second kappa shape index (κ2) is 5.87. The van der Waals surface area contributed by atoms with E-state index in [-0.39, 0.29) is 0 Å². The third kappa shape index (κ3) is 2.99. The normalized spacial score (nSPS) is 15.1. The summed E-state index contributed by atoms with van der Waals surface area (Å²) in [5.74, 6) is 1.44. The Kier molecular flexibility index (Phi) is 3.77. The van der Waals surface area contributed by atoms with Crippen LogP contribution in [0.5, 0.6) is 5.75 Å². The summed E-state index contributed by atoms with van der Waals surface area (Å²) in [4.78, 5) is 13.2. The van der Waals surface area contributed by atoms with Gasteiger partial charge in [0.15, 0.2) is 5.75 Å². The first-order valence-corrected chi connectivity index (χ1v) is 6.98. The van der Waals surface area contributed by atoms with Crippen molar-refractivity contribution in [2.75, 3.05) is 48.8 Å². The van der Waals surface area contributed by atoms with E-state index in [1.807, 2.05) is 12.1 Å². The maximum Gasteiger partial charge on any atom is 0.225 e. The highest BCUT2D eigenvalue weighted by Gasteiger charge is 2.19. The Morgan fingerprint density at radius 3 is 2.10 bits per heavy atom. The second-order valence-corrected chi connectivity index (χ2v) is 4.99. The van der Waals surface area contributed by atoms with E-state index < -0.39 is 0 Å². The smallest absolute Gasteiger partial charge is 0.225 e. The molecule has 0 unspecified atom stereocenters. The van der Waals surface area contributed by atoms with Crippen LogP contribution in [0.15, 0.2) is 36.7 Å². The maximum atomic E-state index is 5.72. The fraction of sp³-hybridized carbons (Fsp3) is 0.333. The highest BCUT2D eigenvalue weighted by atomic mass is 16.5. The van der Waals surface area contributed by atoms with Crippen LogP contribution in [0, 0.1) is 0 Å². The molecular formula is C15H19N5O. The Bertz CT molecular complexity index is 576. The number of methoxy groups -OCH3 is 1. The molecule has 0 atom stereocenters. The number of nitrogens with two attached hydrogens (primary N) is 1. The lowest BCUT2D eigenvalue weighted by molar-refractivity contribution is 0.410. The molecule has 6 nitrogen and oxygen atoms in total. The zero-order valence-corrected chi connectivity index (χ0v) is 12.1. The number of rotatable bonds is 3. The van der Waals surface area contributed by atoms with Crippen LogP contribution in [-0.2, 0) is 0 Å². The van der Waals surface area contributed by atoms with Gasteiger partial charge in [0.2, 0.25) is 5.95 Å². The summed E-state index contributed by atoms with van der Waals surface area (Å²) in [5.41, 5.74) is 7.73. The number of aromatic nitrogens is 2. The van der Waals surface area contributed by atoms with Crippen LogP contribution in [0.1, 0.15) is 0 Å². The van der Waals surface area contributed by atoms with Crippen LogP contribution in [0.25, 0.3) is 0 Å². The minimum Gasteiger partial charge on any atom is -0.494 e. The van der Waals surface area contributed by atoms with E-state index in [0.29, 0.717) is 5.75 Å². The van der Waals surface area contributed by atoms with Crippen LogP contribution < -0.4 is 20.3 Å². The monoisotopic (exact) mass is 285 g/mol. The molecule has 0 aliphatic carbocycles. The molecule has 0 saturated carbocycles. The number of hydrogen-bond donors (Lipinski definition) is 1. The Labute approximate surface area is 124 Å². The van der Waals surface area contributed by atoms with E-state index in [0.717, 1.165) is 37.8 Å². The Morgan fingerprint density at radius 1 is 0.952 bits per heavy atom. The number of ether oxygens (including phenoxy) is 1. The van der Waals surface area contributed by atoms with Crippen LogP contribution in [0.2, 0.25) is 0 Å². The molecule has 2 heterocycles. The topological polar surface area (TPSA) is 67.5 Å². The Morgan fingerprint density at radius 2 is 1.52 bits per heavy atom. The van der Waals surface area contributed by atoms with Crippen LogP contribution in [0.4, 0.5) is 17.3 Å². The molecule has 2 aromatic rings. The quantitative estimate of drug-likeness (QED) is 0.860. The highest BCUT2D eigenvalue weighted by Crippen LogP contribution is 2.20. The predicted molar refractivity (Wildman–Crippen MR) is 83.9 cm³/mol. The summed E-state index contributed by atoms with van der Waals surface area (Å²) in [6.07, 6.45) is 3.41. The van der Waals surface area contributed by atoms with E-state index in [9.17, 15) is 0 Å². The van der Waals surface area contributed by atoms with Crippen LogP contribution >= 0.6 is 0 Å². The molecule has 1 saturated heterocycles. The number of piperazine rings is 1. The summed E-state index contributed by atoms with van der Waals surface area (Å²) in [6.45, 7) is 3.69. The molecule has 1 aliphatic heterocycles. The van der Waals surface area contributed by atoms with Crippen molar-refractivity contribution in [1.82, 2.24) is 9.97 Å². The maximum absolute atomic E-state index is 5.72. The first-order chi connectivity index (χ1) is 10.3. The van der Waals surface area contributed by atoms with E-state index in [1.165, 1.54) is 5.69 Å². The van der Waals surface area contributed by atoms with Crippen molar-refractivity contribution in [3.8, 4) is 5.75 Å². The molecule has 21 heavy (non-hydrogen) atoms. The van der Waals surface area contributed by atoms with Gasteiger partial charge in [-0.3, -0.25) is 0 Å². The largest absolute Gasteiger partial charge is 0.494 e. The summed E-state index contributed by atoms with van der Waals surface area (Å²) < 4.78 is 5.08. The molecule has 6 heteroatoms. The van der Waals surface area contributed by atoms with Crippen molar-refractivity contribution in [1.29, 1.82) is 0 Å². The van der Waals surface area contributed by atoms with Crippen molar-refractivity contribution in [3.05, 3.63) is 36.7 Å². The predicted octanol–water partition coefficient (Wildman–Crippen LogP) is 1.39. The third-order valence-corrected chi connectivity index (χ3v) is 3.67. The van der Waals surface area contributed by atoms with Crippen molar-refractivity contribution < 1.29 is 4.74 Å². The number of nitrogen functional groups attached to an aromatic ring is 1. The van der Waals surface area contributed by atoms with Gasteiger partial charge in [-0.05, 0) is 24.3 Å². The van der Waals surface area contributed by atoms with E-state index in [4.69, 9.17) is 10.5 Å². The third-order valence-electron chi connectivity index (χ3n) is 3.67.